The van der Waals surface area contributed by atoms with Gasteiger partial charge in [-0.15, -0.1) is 0 Å². The molecule has 1 aliphatic heterocycles. The molecule has 0 spiro atoms. The summed E-state index contributed by atoms with van der Waals surface area (Å²) in [5, 5.41) is 11.9. The van der Waals surface area contributed by atoms with Crippen molar-refractivity contribution in [3.8, 4) is 6.07 Å². The van der Waals surface area contributed by atoms with Gasteiger partial charge in [0.25, 0.3) is 0 Å². The van der Waals surface area contributed by atoms with Crippen molar-refractivity contribution in [2.75, 3.05) is 4.90 Å². The van der Waals surface area contributed by atoms with Gasteiger partial charge < -0.3 is 5.32 Å². The van der Waals surface area contributed by atoms with Gasteiger partial charge in [-0.2, -0.15) is 18.4 Å². The van der Waals surface area contributed by atoms with Crippen molar-refractivity contribution in [1.82, 2.24) is 10.2 Å². The summed E-state index contributed by atoms with van der Waals surface area (Å²) in [5.74, 6) is -0.278. The zero-order valence-corrected chi connectivity index (χ0v) is 19.0. The summed E-state index contributed by atoms with van der Waals surface area (Å²) < 4.78 is 40.4. The van der Waals surface area contributed by atoms with Gasteiger partial charge in [0.05, 0.1) is 28.9 Å². The second-order valence-corrected chi connectivity index (χ2v) is 9.03. The van der Waals surface area contributed by atoms with Crippen molar-refractivity contribution in [3.63, 3.8) is 0 Å². The normalized spacial score (nSPS) is 20.2. The Labute approximate surface area is 204 Å². The van der Waals surface area contributed by atoms with Gasteiger partial charge in [-0.25, -0.2) is 14.5 Å². The zero-order valence-electron chi connectivity index (χ0n) is 19.0. The minimum Gasteiger partial charge on any atom is -0.335 e. The number of imide groups is 1. The minimum atomic E-state index is -4.64. The van der Waals surface area contributed by atoms with E-state index in [0.717, 1.165) is 34.8 Å². The van der Waals surface area contributed by atoms with Crippen molar-refractivity contribution < 1.29 is 27.6 Å². The van der Waals surface area contributed by atoms with E-state index in [9.17, 15) is 27.6 Å². The Kier molecular flexibility index (Phi) is 5.79. The lowest BCUT2D eigenvalue weighted by Gasteiger charge is -2.44. The molecule has 2 aliphatic carbocycles. The first kappa shape index (κ1) is 23.6. The lowest BCUT2D eigenvalue weighted by Crippen LogP contribution is -2.57. The highest BCUT2D eigenvalue weighted by molar-refractivity contribution is 6.11. The standard InChI is InChI=1S/C26H21F3N4O3/c27-26(28,29)17-3-1-4-19(13-17)32-20-5-2-6-21(34)22(20)23(16-9-7-15(14-30)8-10-16)33(25(32)36)24(35)31-18-11-12-18/h1,3-4,7-10,13,18,23H,2,5-6,11-12H2,(H,31,35). The quantitative estimate of drug-likeness (QED) is 0.615. The average Bonchev–Trinajstić information content (AvgIpc) is 3.67. The molecular formula is C26H21F3N4O3. The van der Waals surface area contributed by atoms with Gasteiger partial charge in [-0.3, -0.25) is 9.69 Å². The first-order valence-corrected chi connectivity index (χ1v) is 11.6. The predicted octanol–water partition coefficient (Wildman–Crippen LogP) is 5.44. The highest BCUT2D eigenvalue weighted by Crippen LogP contribution is 2.45. The summed E-state index contributed by atoms with van der Waals surface area (Å²) in [6, 6.07) is 9.80. The minimum absolute atomic E-state index is 0.0699. The molecule has 1 heterocycles. The van der Waals surface area contributed by atoms with E-state index in [0.29, 0.717) is 23.2 Å². The van der Waals surface area contributed by atoms with Crippen molar-refractivity contribution in [1.29, 1.82) is 5.26 Å². The lowest BCUT2D eigenvalue weighted by atomic mass is 9.83. The maximum Gasteiger partial charge on any atom is 0.416 e. The molecule has 1 saturated carbocycles. The first-order valence-electron chi connectivity index (χ1n) is 11.6. The second-order valence-electron chi connectivity index (χ2n) is 9.03. The number of Topliss-reactive ketones (excluding diaryl/α,β-unsaturated/α-hetero) is 1. The molecule has 5 rings (SSSR count). The van der Waals surface area contributed by atoms with Gasteiger partial charge in [-0.1, -0.05) is 18.2 Å². The summed E-state index contributed by atoms with van der Waals surface area (Å²) in [6.07, 6.45) is -2.24. The highest BCUT2D eigenvalue weighted by atomic mass is 19.4. The molecule has 0 bridgehead atoms. The monoisotopic (exact) mass is 494 g/mol. The van der Waals surface area contributed by atoms with E-state index in [1.807, 2.05) is 6.07 Å². The lowest BCUT2D eigenvalue weighted by molar-refractivity contribution is -0.137. The Balaban J connectivity index is 1.70. The number of hydrogen-bond donors (Lipinski definition) is 1. The molecule has 7 nitrogen and oxygen atoms in total. The van der Waals surface area contributed by atoms with Crippen molar-refractivity contribution >= 4 is 23.5 Å². The van der Waals surface area contributed by atoms with Crippen LogP contribution in [-0.4, -0.2) is 28.8 Å². The van der Waals surface area contributed by atoms with Crippen LogP contribution < -0.4 is 10.2 Å². The largest absolute Gasteiger partial charge is 0.416 e. The molecule has 1 atom stereocenters. The molecule has 10 heteroatoms. The Morgan fingerprint density at radius 3 is 2.42 bits per heavy atom. The van der Waals surface area contributed by atoms with E-state index in [1.165, 1.54) is 24.3 Å². The van der Waals surface area contributed by atoms with Crippen molar-refractivity contribution in [2.45, 2.75) is 50.4 Å². The number of halogens is 3. The molecule has 0 radical (unpaired) electrons. The van der Waals surface area contributed by atoms with E-state index < -0.39 is 29.8 Å². The van der Waals surface area contributed by atoms with Crippen LogP contribution in [0.5, 0.6) is 0 Å². The molecule has 2 aromatic rings. The summed E-state index contributed by atoms with van der Waals surface area (Å²) in [5.41, 5.74) is 0.304. The summed E-state index contributed by atoms with van der Waals surface area (Å²) in [6.45, 7) is 0. The Morgan fingerprint density at radius 2 is 1.78 bits per heavy atom. The molecule has 1 fully saturated rings. The van der Waals surface area contributed by atoms with Crippen LogP contribution in [0.4, 0.5) is 28.4 Å². The number of carbonyl (C=O) groups excluding carboxylic acids is 3. The summed E-state index contributed by atoms with van der Waals surface area (Å²) in [7, 11) is 0. The summed E-state index contributed by atoms with van der Waals surface area (Å²) >= 11 is 0. The fourth-order valence-electron chi connectivity index (χ4n) is 4.67. The van der Waals surface area contributed by atoms with Crippen LogP contribution in [0.25, 0.3) is 0 Å². The smallest absolute Gasteiger partial charge is 0.335 e. The number of rotatable bonds is 3. The SMILES string of the molecule is N#Cc1ccc(C2C3=C(CCCC3=O)N(c3cccc(C(F)(F)F)c3)C(=O)N2C(=O)NC2CC2)cc1. The molecule has 4 amide bonds. The number of alkyl halides is 3. The van der Waals surface area contributed by atoms with Crippen LogP contribution in [0, 0.1) is 11.3 Å². The molecular weight excluding hydrogens is 473 g/mol. The maximum absolute atomic E-state index is 13.9. The highest BCUT2D eigenvalue weighted by Gasteiger charge is 2.48. The molecule has 1 unspecified atom stereocenters. The van der Waals surface area contributed by atoms with Crippen LogP contribution >= 0.6 is 0 Å². The Bertz CT molecular complexity index is 1320. The molecule has 3 aliphatic rings. The fourth-order valence-corrected chi connectivity index (χ4v) is 4.67. The Morgan fingerprint density at radius 1 is 1.06 bits per heavy atom. The number of nitrogens with zero attached hydrogens (tertiary/aromatic N) is 3. The zero-order chi connectivity index (χ0) is 25.6. The number of hydrogen-bond acceptors (Lipinski definition) is 4. The summed E-state index contributed by atoms with van der Waals surface area (Å²) in [4.78, 5) is 42.5. The van der Waals surface area contributed by atoms with Crippen LogP contribution in [-0.2, 0) is 11.0 Å². The number of nitriles is 1. The van der Waals surface area contributed by atoms with Gasteiger partial charge in [-0.05, 0) is 61.6 Å². The van der Waals surface area contributed by atoms with Crippen LogP contribution in [0.1, 0.15) is 54.8 Å². The number of carbonyl (C=O) groups is 3. The number of allylic oxidation sites excluding steroid dienone is 1. The first-order chi connectivity index (χ1) is 17.2. The van der Waals surface area contributed by atoms with Crippen LogP contribution in [0.2, 0.25) is 0 Å². The second kappa shape index (κ2) is 8.82. The predicted molar refractivity (Wildman–Crippen MR) is 122 cm³/mol. The number of anilines is 1. The van der Waals surface area contributed by atoms with E-state index in [2.05, 4.69) is 5.32 Å². The molecule has 1 N–H and O–H groups in total. The molecule has 36 heavy (non-hydrogen) atoms. The third-order valence-corrected chi connectivity index (χ3v) is 6.54. The van der Waals surface area contributed by atoms with Crippen LogP contribution in [0.15, 0.2) is 59.8 Å². The van der Waals surface area contributed by atoms with Gasteiger partial charge >= 0.3 is 18.2 Å². The van der Waals surface area contributed by atoms with Gasteiger partial charge in [0.1, 0.15) is 0 Å². The topological polar surface area (TPSA) is 93.5 Å². The average molecular weight is 494 g/mol. The van der Waals surface area contributed by atoms with Crippen molar-refractivity contribution in [2.24, 2.45) is 0 Å². The van der Waals surface area contributed by atoms with E-state index in [1.54, 1.807) is 12.1 Å². The fraction of sp³-hybridized carbons (Fsp3) is 0.308. The number of urea groups is 2. The van der Waals surface area contributed by atoms with E-state index in [-0.39, 0.29) is 35.9 Å². The number of ketones is 1. The van der Waals surface area contributed by atoms with E-state index in [4.69, 9.17) is 5.26 Å². The molecule has 0 aromatic heterocycles. The van der Waals surface area contributed by atoms with Gasteiger partial charge in [0.15, 0.2) is 5.78 Å². The number of nitrogens with one attached hydrogen (secondary N) is 1. The maximum atomic E-state index is 13.9. The molecule has 2 aromatic carbocycles. The van der Waals surface area contributed by atoms with Crippen molar-refractivity contribution in [3.05, 3.63) is 76.5 Å². The van der Waals surface area contributed by atoms with Gasteiger partial charge in [0, 0.05) is 23.7 Å². The van der Waals surface area contributed by atoms with E-state index >= 15 is 0 Å². The number of amides is 4. The van der Waals surface area contributed by atoms with Crippen LogP contribution in [0.3, 0.4) is 0 Å². The van der Waals surface area contributed by atoms with Gasteiger partial charge in [0.2, 0.25) is 0 Å². The molecule has 0 saturated heterocycles. The number of benzene rings is 2. The Hall–Kier alpha value is -4.13. The molecule has 184 valence electrons. The third-order valence-electron chi connectivity index (χ3n) is 6.54. The third kappa shape index (κ3) is 4.21.